The van der Waals surface area contributed by atoms with Crippen molar-refractivity contribution in [3.05, 3.63) is 29.3 Å². The largest absolute Gasteiger partial charge is 0.317 e. The topological polar surface area (TPSA) is 80.9 Å². The van der Waals surface area contributed by atoms with Gasteiger partial charge in [-0.1, -0.05) is 54.0 Å². The minimum atomic E-state index is -0.768. The van der Waals surface area contributed by atoms with Gasteiger partial charge >= 0.3 is 0 Å². The van der Waals surface area contributed by atoms with Gasteiger partial charge in [-0.25, -0.2) is 0 Å². The fraction of sp³-hybridized carbons (Fsp3) is 0.357. The molecular weight excluding hydrogens is 308 g/mol. The zero-order valence-corrected chi connectivity index (χ0v) is 12.9. The van der Waals surface area contributed by atoms with Gasteiger partial charge < -0.3 is 5.73 Å². The summed E-state index contributed by atoms with van der Waals surface area (Å²) in [6.45, 7) is 0. The van der Waals surface area contributed by atoms with E-state index in [9.17, 15) is 4.79 Å². The van der Waals surface area contributed by atoms with Gasteiger partial charge in [-0.15, -0.1) is 10.2 Å². The van der Waals surface area contributed by atoms with E-state index in [4.69, 9.17) is 17.3 Å². The highest BCUT2D eigenvalue weighted by molar-refractivity contribution is 7.18. The Morgan fingerprint density at radius 1 is 1.29 bits per heavy atom. The zero-order valence-electron chi connectivity index (χ0n) is 11.3. The van der Waals surface area contributed by atoms with Crippen molar-refractivity contribution >= 4 is 34.0 Å². The maximum absolute atomic E-state index is 12.2. The number of anilines is 1. The second-order valence-electron chi connectivity index (χ2n) is 5.21. The van der Waals surface area contributed by atoms with Gasteiger partial charge in [-0.2, -0.15) is 0 Å². The summed E-state index contributed by atoms with van der Waals surface area (Å²) in [5, 5.41) is 12.6. The van der Waals surface area contributed by atoms with Crippen LogP contribution in [0.4, 0.5) is 5.13 Å². The monoisotopic (exact) mass is 322 g/mol. The molecule has 1 fully saturated rings. The fourth-order valence-corrected chi connectivity index (χ4v) is 3.53. The molecule has 0 bridgehead atoms. The number of halogens is 1. The number of aromatic nitrogens is 2. The summed E-state index contributed by atoms with van der Waals surface area (Å²) in [6.07, 6.45) is 3.42. The molecule has 1 aromatic carbocycles. The molecule has 1 aromatic heterocycles. The Morgan fingerprint density at radius 2 is 2.00 bits per heavy atom. The fourth-order valence-electron chi connectivity index (χ4n) is 2.47. The molecule has 7 heteroatoms. The lowest BCUT2D eigenvalue weighted by Gasteiger charge is -2.20. The van der Waals surface area contributed by atoms with E-state index in [-0.39, 0.29) is 5.91 Å². The van der Waals surface area contributed by atoms with Crippen molar-refractivity contribution in [1.29, 1.82) is 0 Å². The SMILES string of the molecule is NC1(C(=O)Nc2nnc(-c3ccccc3Cl)s2)CCCC1. The third-order valence-corrected chi connectivity index (χ3v) is 4.90. The molecule has 1 amide bonds. The molecule has 1 aliphatic carbocycles. The lowest BCUT2D eigenvalue weighted by atomic mass is 9.98. The van der Waals surface area contributed by atoms with Gasteiger partial charge in [0, 0.05) is 5.56 Å². The minimum Gasteiger partial charge on any atom is -0.317 e. The number of nitrogens with zero attached hydrogens (tertiary/aromatic N) is 2. The number of benzene rings is 1. The van der Waals surface area contributed by atoms with Gasteiger partial charge in [0.05, 0.1) is 10.6 Å². The van der Waals surface area contributed by atoms with Crippen molar-refractivity contribution in [2.45, 2.75) is 31.2 Å². The summed E-state index contributed by atoms with van der Waals surface area (Å²) in [4.78, 5) is 12.2. The predicted octanol–water partition coefficient (Wildman–Crippen LogP) is 3.07. The van der Waals surface area contributed by atoms with Crippen LogP contribution in [0.5, 0.6) is 0 Å². The van der Waals surface area contributed by atoms with E-state index in [0.29, 0.717) is 15.2 Å². The summed E-state index contributed by atoms with van der Waals surface area (Å²) < 4.78 is 0. The van der Waals surface area contributed by atoms with Crippen LogP contribution in [0.25, 0.3) is 10.6 Å². The quantitative estimate of drug-likeness (QED) is 0.910. The van der Waals surface area contributed by atoms with Crippen LogP contribution in [0.2, 0.25) is 5.02 Å². The number of hydrogen-bond acceptors (Lipinski definition) is 5. The highest BCUT2D eigenvalue weighted by Gasteiger charge is 2.37. The molecule has 5 nitrogen and oxygen atoms in total. The highest BCUT2D eigenvalue weighted by Crippen LogP contribution is 2.33. The van der Waals surface area contributed by atoms with Crippen molar-refractivity contribution in [3.8, 4) is 10.6 Å². The summed E-state index contributed by atoms with van der Waals surface area (Å²) in [5.74, 6) is -0.179. The zero-order chi connectivity index (χ0) is 14.9. The third kappa shape index (κ3) is 2.92. The summed E-state index contributed by atoms with van der Waals surface area (Å²) in [5.41, 5.74) is 6.15. The van der Waals surface area contributed by atoms with Crippen LogP contribution in [0.3, 0.4) is 0 Å². The van der Waals surface area contributed by atoms with Crippen molar-refractivity contribution in [1.82, 2.24) is 10.2 Å². The van der Waals surface area contributed by atoms with Crippen molar-refractivity contribution < 1.29 is 4.79 Å². The second kappa shape index (κ2) is 5.71. The van der Waals surface area contributed by atoms with E-state index in [0.717, 1.165) is 31.2 Å². The standard InChI is InChI=1S/C14H15ClN4OS/c15-10-6-2-1-5-9(10)11-18-19-13(21-11)17-12(20)14(16)7-3-4-8-14/h1-2,5-6H,3-4,7-8,16H2,(H,17,19,20). The number of nitrogens with two attached hydrogens (primary N) is 1. The average molecular weight is 323 g/mol. The van der Waals surface area contributed by atoms with Crippen LogP contribution in [0.15, 0.2) is 24.3 Å². The molecule has 2 aromatic rings. The van der Waals surface area contributed by atoms with E-state index in [2.05, 4.69) is 15.5 Å². The predicted molar refractivity (Wildman–Crippen MR) is 84.4 cm³/mol. The smallest absolute Gasteiger partial charge is 0.246 e. The number of rotatable bonds is 3. The molecule has 0 saturated heterocycles. The molecule has 1 aliphatic rings. The molecule has 110 valence electrons. The first-order chi connectivity index (χ1) is 10.1. The Bertz CT molecular complexity index is 666. The maximum Gasteiger partial charge on any atom is 0.246 e. The van der Waals surface area contributed by atoms with Crippen LogP contribution in [-0.4, -0.2) is 21.6 Å². The maximum atomic E-state index is 12.2. The van der Waals surface area contributed by atoms with Crippen LogP contribution in [-0.2, 0) is 4.79 Å². The summed E-state index contributed by atoms with van der Waals surface area (Å²) in [6, 6.07) is 7.40. The Kier molecular flexibility index (Phi) is 3.93. The average Bonchev–Trinajstić information content (AvgIpc) is 3.09. The summed E-state index contributed by atoms with van der Waals surface area (Å²) >= 11 is 7.42. The van der Waals surface area contributed by atoms with E-state index in [1.54, 1.807) is 6.07 Å². The third-order valence-electron chi connectivity index (χ3n) is 3.70. The molecule has 1 saturated carbocycles. The molecule has 3 N–H and O–H groups in total. The number of carbonyl (C=O) groups is 1. The van der Waals surface area contributed by atoms with Crippen LogP contribution in [0, 0.1) is 0 Å². The molecule has 0 radical (unpaired) electrons. The molecule has 21 heavy (non-hydrogen) atoms. The van der Waals surface area contributed by atoms with Gasteiger partial charge in [0.25, 0.3) is 0 Å². The number of carbonyl (C=O) groups excluding carboxylic acids is 1. The second-order valence-corrected chi connectivity index (χ2v) is 6.59. The molecule has 0 spiro atoms. The van der Waals surface area contributed by atoms with E-state index in [1.165, 1.54) is 11.3 Å². The van der Waals surface area contributed by atoms with Crippen molar-refractivity contribution in [3.63, 3.8) is 0 Å². The molecule has 0 atom stereocenters. The number of nitrogens with one attached hydrogen (secondary N) is 1. The van der Waals surface area contributed by atoms with Crippen LogP contribution in [0.1, 0.15) is 25.7 Å². The number of hydrogen-bond donors (Lipinski definition) is 2. The van der Waals surface area contributed by atoms with Gasteiger partial charge in [0.15, 0.2) is 5.01 Å². The van der Waals surface area contributed by atoms with E-state index < -0.39 is 5.54 Å². The molecule has 3 rings (SSSR count). The normalized spacial score (nSPS) is 16.9. The van der Waals surface area contributed by atoms with Gasteiger partial charge in [0.1, 0.15) is 0 Å². The van der Waals surface area contributed by atoms with Crippen molar-refractivity contribution in [2.24, 2.45) is 5.73 Å². The molecular formula is C14H15ClN4OS. The van der Waals surface area contributed by atoms with Gasteiger partial charge in [0.2, 0.25) is 11.0 Å². The first kappa shape index (κ1) is 14.4. The number of amides is 1. The molecule has 0 aliphatic heterocycles. The minimum absolute atomic E-state index is 0.179. The Hall–Kier alpha value is -1.50. The van der Waals surface area contributed by atoms with Crippen LogP contribution < -0.4 is 11.1 Å². The van der Waals surface area contributed by atoms with E-state index >= 15 is 0 Å². The van der Waals surface area contributed by atoms with Crippen molar-refractivity contribution in [2.75, 3.05) is 5.32 Å². The molecule has 1 heterocycles. The Balaban J connectivity index is 1.77. The highest BCUT2D eigenvalue weighted by atomic mass is 35.5. The Labute approximate surface area is 131 Å². The lowest BCUT2D eigenvalue weighted by Crippen LogP contribution is -2.48. The summed E-state index contributed by atoms with van der Waals surface area (Å²) in [7, 11) is 0. The first-order valence-corrected chi connectivity index (χ1v) is 7.97. The van der Waals surface area contributed by atoms with E-state index in [1.807, 2.05) is 18.2 Å². The van der Waals surface area contributed by atoms with Gasteiger partial charge in [-0.05, 0) is 18.9 Å². The molecule has 0 unspecified atom stereocenters. The first-order valence-electron chi connectivity index (χ1n) is 6.77. The van der Waals surface area contributed by atoms with Crippen LogP contribution >= 0.6 is 22.9 Å². The van der Waals surface area contributed by atoms with Gasteiger partial charge in [-0.3, -0.25) is 10.1 Å². The lowest BCUT2D eigenvalue weighted by molar-refractivity contribution is -0.121. The Morgan fingerprint density at radius 3 is 2.71 bits per heavy atom.